The van der Waals surface area contributed by atoms with E-state index < -0.39 is 5.97 Å². The first-order valence-electron chi connectivity index (χ1n) is 8.36. The smallest absolute Gasteiger partial charge is 0.374 e. The average Bonchev–Trinajstić information content (AvgIpc) is 3.19. The Balaban J connectivity index is 1.33. The fraction of sp³-hybridized carbons (Fsp3) is 0.150. The molecule has 6 nitrogen and oxygen atoms in total. The van der Waals surface area contributed by atoms with Gasteiger partial charge in [0.25, 0.3) is 11.8 Å². The van der Waals surface area contributed by atoms with Gasteiger partial charge in [0.2, 0.25) is 5.76 Å². The molecule has 1 aliphatic heterocycles. The number of fused-ring (bicyclic) bond motifs is 2. The quantitative estimate of drug-likeness (QED) is 0.348. The molecule has 0 radical (unpaired) electrons. The van der Waals surface area contributed by atoms with Crippen molar-refractivity contribution in [3.8, 4) is 0 Å². The summed E-state index contributed by atoms with van der Waals surface area (Å²) >= 11 is 3.30. The Morgan fingerprint density at radius 2 is 1.81 bits per heavy atom. The highest BCUT2D eigenvalue weighted by molar-refractivity contribution is 9.10. The predicted molar refractivity (Wildman–Crippen MR) is 101 cm³/mol. The first kappa shape index (κ1) is 17.5. The van der Waals surface area contributed by atoms with E-state index in [0.717, 1.165) is 9.86 Å². The molecule has 0 saturated carbocycles. The van der Waals surface area contributed by atoms with Gasteiger partial charge in [0.05, 0.1) is 17.7 Å². The van der Waals surface area contributed by atoms with Crippen molar-refractivity contribution in [3.63, 3.8) is 0 Å². The van der Waals surface area contributed by atoms with Gasteiger partial charge in [0.1, 0.15) is 5.58 Å². The van der Waals surface area contributed by atoms with E-state index in [1.165, 1.54) is 4.90 Å². The highest BCUT2D eigenvalue weighted by Crippen LogP contribution is 2.26. The SMILES string of the molecule is O=C(OCCCN1C(=O)c2ccc(Br)cc2C1=O)c1cc2ccccc2o1. The van der Waals surface area contributed by atoms with Crippen LogP contribution in [0.15, 0.2) is 57.4 Å². The molecule has 0 spiro atoms. The van der Waals surface area contributed by atoms with Gasteiger partial charge >= 0.3 is 5.97 Å². The molecule has 0 aliphatic carbocycles. The van der Waals surface area contributed by atoms with Gasteiger partial charge in [-0.25, -0.2) is 4.79 Å². The number of hydrogen-bond acceptors (Lipinski definition) is 5. The van der Waals surface area contributed by atoms with Crippen LogP contribution in [0.2, 0.25) is 0 Å². The minimum absolute atomic E-state index is 0.0764. The Labute approximate surface area is 162 Å². The van der Waals surface area contributed by atoms with E-state index in [1.807, 2.05) is 18.2 Å². The van der Waals surface area contributed by atoms with Crippen molar-refractivity contribution in [2.45, 2.75) is 6.42 Å². The van der Waals surface area contributed by atoms with Gasteiger partial charge in [-0.15, -0.1) is 0 Å². The van der Waals surface area contributed by atoms with Crippen LogP contribution < -0.4 is 0 Å². The fourth-order valence-corrected chi connectivity index (χ4v) is 3.37. The summed E-state index contributed by atoms with van der Waals surface area (Å²) in [6.07, 6.45) is 0.346. The predicted octanol–water partition coefficient (Wildman–Crippen LogP) is 4.04. The fourth-order valence-electron chi connectivity index (χ4n) is 3.01. The average molecular weight is 428 g/mol. The highest BCUT2D eigenvalue weighted by Gasteiger charge is 2.35. The second-order valence-electron chi connectivity index (χ2n) is 6.09. The summed E-state index contributed by atoms with van der Waals surface area (Å²) in [6.45, 7) is 0.254. The lowest BCUT2D eigenvalue weighted by Crippen LogP contribution is -2.31. The van der Waals surface area contributed by atoms with Crippen molar-refractivity contribution >= 4 is 44.7 Å². The number of hydrogen-bond donors (Lipinski definition) is 0. The molecule has 2 amide bonds. The van der Waals surface area contributed by atoms with Gasteiger partial charge in [-0.1, -0.05) is 34.1 Å². The number of benzene rings is 2. The lowest BCUT2D eigenvalue weighted by Gasteiger charge is -2.13. The molecular formula is C20H14BrNO5. The Kier molecular flexibility index (Phi) is 4.53. The molecule has 0 atom stereocenters. The second-order valence-corrected chi connectivity index (χ2v) is 7.01. The van der Waals surface area contributed by atoms with Crippen molar-refractivity contribution in [2.24, 2.45) is 0 Å². The molecule has 0 N–H and O–H groups in total. The van der Waals surface area contributed by atoms with Gasteiger partial charge in [-0.3, -0.25) is 14.5 Å². The standard InChI is InChI=1S/C20H14BrNO5/c21-13-6-7-14-15(11-13)19(24)22(18(14)23)8-3-9-26-20(25)17-10-12-4-1-2-5-16(12)27-17/h1-2,4-7,10-11H,3,8-9H2. The zero-order valence-electron chi connectivity index (χ0n) is 14.1. The maximum Gasteiger partial charge on any atom is 0.374 e. The number of rotatable bonds is 5. The number of carbonyl (C=O) groups excluding carboxylic acids is 3. The van der Waals surface area contributed by atoms with Crippen molar-refractivity contribution in [2.75, 3.05) is 13.2 Å². The first-order valence-corrected chi connectivity index (χ1v) is 9.15. The number of para-hydroxylation sites is 1. The first-order chi connectivity index (χ1) is 13.0. The van der Waals surface area contributed by atoms with Gasteiger partial charge in [0, 0.05) is 16.4 Å². The molecule has 7 heteroatoms. The Hall–Kier alpha value is -2.93. The number of esters is 1. The van der Waals surface area contributed by atoms with Gasteiger partial charge in [0.15, 0.2) is 0 Å². The lowest BCUT2D eigenvalue weighted by molar-refractivity contribution is 0.0451. The molecule has 27 heavy (non-hydrogen) atoms. The topological polar surface area (TPSA) is 76.8 Å². The van der Waals surface area contributed by atoms with E-state index in [-0.39, 0.29) is 30.7 Å². The van der Waals surface area contributed by atoms with E-state index >= 15 is 0 Å². The van der Waals surface area contributed by atoms with E-state index in [1.54, 1.807) is 30.3 Å². The molecule has 3 aromatic rings. The summed E-state index contributed by atoms with van der Waals surface area (Å²) < 4.78 is 11.4. The van der Waals surface area contributed by atoms with E-state index in [2.05, 4.69) is 15.9 Å². The number of ether oxygens (including phenoxy) is 1. The van der Waals surface area contributed by atoms with Crippen LogP contribution in [0, 0.1) is 0 Å². The van der Waals surface area contributed by atoms with Gasteiger partial charge in [-0.05, 0) is 36.8 Å². The summed E-state index contributed by atoms with van der Waals surface area (Å²) in [5.41, 5.74) is 1.39. The Morgan fingerprint density at radius 3 is 2.63 bits per heavy atom. The van der Waals surface area contributed by atoms with Gasteiger partial charge in [-0.2, -0.15) is 0 Å². The van der Waals surface area contributed by atoms with Crippen LogP contribution in [0.4, 0.5) is 0 Å². The van der Waals surface area contributed by atoms with Crippen LogP contribution in [-0.2, 0) is 4.74 Å². The van der Waals surface area contributed by atoms with Crippen molar-refractivity contribution in [1.29, 1.82) is 0 Å². The summed E-state index contributed by atoms with van der Waals surface area (Å²) in [6, 6.07) is 13.9. The number of nitrogens with zero attached hydrogens (tertiary/aromatic N) is 1. The Bertz CT molecular complexity index is 1040. The molecule has 2 aromatic carbocycles. The van der Waals surface area contributed by atoms with Crippen molar-refractivity contribution in [1.82, 2.24) is 4.90 Å². The van der Waals surface area contributed by atoms with Gasteiger partial charge < -0.3 is 9.15 Å². The zero-order valence-corrected chi connectivity index (χ0v) is 15.7. The zero-order chi connectivity index (χ0) is 19.0. The Morgan fingerprint density at radius 1 is 1.04 bits per heavy atom. The molecule has 0 bridgehead atoms. The monoisotopic (exact) mass is 427 g/mol. The van der Waals surface area contributed by atoms with Crippen LogP contribution in [0.25, 0.3) is 11.0 Å². The third-order valence-electron chi connectivity index (χ3n) is 4.32. The molecule has 0 unspecified atom stereocenters. The van der Waals surface area contributed by atoms with Crippen molar-refractivity contribution < 1.29 is 23.5 Å². The molecule has 1 aromatic heterocycles. The maximum absolute atomic E-state index is 12.4. The molecule has 0 fully saturated rings. The molecule has 136 valence electrons. The van der Waals surface area contributed by atoms with E-state index in [4.69, 9.17) is 9.15 Å². The molecule has 0 saturated heterocycles. The highest BCUT2D eigenvalue weighted by atomic mass is 79.9. The summed E-state index contributed by atoms with van der Waals surface area (Å²) in [5, 5.41) is 0.821. The maximum atomic E-state index is 12.4. The van der Waals surface area contributed by atoms with Crippen molar-refractivity contribution in [3.05, 3.63) is 69.9 Å². The summed E-state index contributed by atoms with van der Waals surface area (Å²) in [7, 11) is 0. The lowest BCUT2D eigenvalue weighted by atomic mass is 10.1. The van der Waals surface area contributed by atoms with E-state index in [0.29, 0.717) is 23.1 Å². The molecule has 1 aliphatic rings. The minimum Gasteiger partial charge on any atom is -0.460 e. The van der Waals surface area contributed by atoms with Crippen LogP contribution in [0.5, 0.6) is 0 Å². The van der Waals surface area contributed by atoms with Crippen LogP contribution >= 0.6 is 15.9 Å². The van der Waals surface area contributed by atoms with Crippen LogP contribution in [-0.4, -0.2) is 35.8 Å². The summed E-state index contributed by atoms with van der Waals surface area (Å²) in [5.74, 6) is -1.11. The number of halogens is 1. The number of carbonyl (C=O) groups is 3. The molecular weight excluding hydrogens is 414 g/mol. The second kappa shape index (κ2) is 7.00. The number of imide groups is 1. The molecule has 4 rings (SSSR count). The largest absolute Gasteiger partial charge is 0.460 e. The summed E-state index contributed by atoms with van der Waals surface area (Å²) in [4.78, 5) is 38.0. The number of furan rings is 1. The number of amides is 2. The third-order valence-corrected chi connectivity index (χ3v) is 4.81. The van der Waals surface area contributed by atoms with Crippen LogP contribution in [0.3, 0.4) is 0 Å². The van der Waals surface area contributed by atoms with E-state index in [9.17, 15) is 14.4 Å². The normalized spacial score (nSPS) is 13.3. The van der Waals surface area contributed by atoms with Crippen LogP contribution in [0.1, 0.15) is 37.7 Å². The minimum atomic E-state index is -0.572. The third kappa shape index (κ3) is 3.26. The molecule has 2 heterocycles.